The smallest absolute Gasteiger partial charge is 0.355 e. The molecule has 11 heteroatoms. The summed E-state index contributed by atoms with van der Waals surface area (Å²) in [4.78, 5) is 22.6. The summed E-state index contributed by atoms with van der Waals surface area (Å²) in [6.07, 6.45) is 0.258. The van der Waals surface area contributed by atoms with E-state index in [4.69, 9.17) is 11.6 Å². The molecule has 3 aromatic rings. The van der Waals surface area contributed by atoms with E-state index in [-0.39, 0.29) is 25.3 Å². The Kier molecular flexibility index (Phi) is 7.06. The monoisotopic (exact) mass is 508 g/mol. The normalized spacial score (nSPS) is 20.9. The van der Waals surface area contributed by atoms with Crippen molar-refractivity contribution in [3.63, 3.8) is 0 Å². The van der Waals surface area contributed by atoms with Crippen LogP contribution in [-0.2, 0) is 11.2 Å². The minimum Gasteiger partial charge on any atom is -0.355 e. The highest BCUT2D eigenvalue weighted by Crippen LogP contribution is 2.69. The summed E-state index contributed by atoms with van der Waals surface area (Å²) in [6.45, 7) is 1.97. The van der Waals surface area contributed by atoms with Crippen molar-refractivity contribution in [2.75, 3.05) is 20.6 Å². The van der Waals surface area contributed by atoms with E-state index in [1.54, 1.807) is 13.1 Å². The van der Waals surface area contributed by atoms with Crippen LogP contribution in [0.2, 0.25) is 5.02 Å². The first-order chi connectivity index (χ1) is 16.5. The molecule has 2 heterocycles. The maximum absolute atomic E-state index is 14.0. The number of carbonyl (C=O) groups excluding carboxylic acids is 1. The number of hydrogen-bond acceptors (Lipinski definition) is 5. The van der Waals surface area contributed by atoms with Crippen molar-refractivity contribution < 1.29 is 18.0 Å². The number of aryl methyl sites for hydroxylation is 1. The van der Waals surface area contributed by atoms with E-state index in [9.17, 15) is 18.0 Å². The average molecular weight is 509 g/mol. The van der Waals surface area contributed by atoms with Gasteiger partial charge in [-0.1, -0.05) is 11.6 Å². The maximum atomic E-state index is 14.0. The van der Waals surface area contributed by atoms with Gasteiger partial charge >= 0.3 is 6.18 Å². The second kappa shape index (κ2) is 9.73. The number of aromatic nitrogens is 4. The molecule has 2 N–H and O–H groups in total. The van der Waals surface area contributed by atoms with Crippen molar-refractivity contribution >= 4 is 28.4 Å². The molecule has 0 aliphatic heterocycles. The van der Waals surface area contributed by atoms with Gasteiger partial charge in [0.2, 0.25) is 5.91 Å². The summed E-state index contributed by atoms with van der Waals surface area (Å²) >= 11 is 6.42. The van der Waals surface area contributed by atoms with E-state index < -0.39 is 23.4 Å². The third-order valence-corrected chi connectivity index (χ3v) is 7.32. The van der Waals surface area contributed by atoms with Crippen LogP contribution in [0.4, 0.5) is 13.2 Å². The highest BCUT2D eigenvalue weighted by atomic mass is 35.5. The van der Waals surface area contributed by atoms with Crippen LogP contribution >= 0.6 is 11.6 Å². The van der Waals surface area contributed by atoms with E-state index >= 15 is 0 Å². The van der Waals surface area contributed by atoms with E-state index in [0.29, 0.717) is 29.4 Å². The Morgan fingerprint density at radius 3 is 2.66 bits per heavy atom. The Morgan fingerprint density at radius 2 is 2.00 bits per heavy atom. The molecule has 0 unspecified atom stereocenters. The van der Waals surface area contributed by atoms with Crippen LogP contribution < -0.4 is 5.32 Å². The molecule has 1 saturated carbocycles. The number of carbonyl (C=O) groups is 1. The van der Waals surface area contributed by atoms with Crippen molar-refractivity contribution in [3.05, 3.63) is 52.7 Å². The zero-order valence-corrected chi connectivity index (χ0v) is 20.5. The molecule has 0 spiro atoms. The van der Waals surface area contributed by atoms with E-state index in [1.165, 1.54) is 12.4 Å². The predicted molar refractivity (Wildman–Crippen MR) is 127 cm³/mol. The van der Waals surface area contributed by atoms with Gasteiger partial charge in [-0.3, -0.25) is 9.89 Å². The standard InChI is InChI=1S/C24H28ClF3N6O/c1-14-29-10-17(11-30-14)19-9-23(19,24(26,27)28)5-4-22(35)31-13-18(34(2)3)7-15-6-16-12-32-33-21(16)8-20(15)25/h6,8,10-12,18-19H,4-5,7,9,13H2,1-3H3,(H,31,35)(H,32,33)/t18-,19+,23+/m0/s1. The summed E-state index contributed by atoms with van der Waals surface area (Å²) in [6, 6.07) is 3.68. The summed E-state index contributed by atoms with van der Waals surface area (Å²) in [7, 11) is 3.77. The fraction of sp³-hybridized carbons (Fsp3) is 0.500. The zero-order valence-electron chi connectivity index (χ0n) is 19.8. The Labute approximate surface area is 206 Å². The van der Waals surface area contributed by atoms with Gasteiger partial charge in [0.25, 0.3) is 0 Å². The number of rotatable bonds is 9. The molecule has 0 radical (unpaired) electrons. The van der Waals surface area contributed by atoms with Crippen molar-refractivity contribution in [1.82, 2.24) is 30.4 Å². The van der Waals surface area contributed by atoms with E-state index in [1.807, 2.05) is 31.1 Å². The van der Waals surface area contributed by atoms with Gasteiger partial charge in [0.15, 0.2) is 0 Å². The molecule has 3 atom stereocenters. The number of hydrogen-bond donors (Lipinski definition) is 2. The Bertz CT molecular complexity index is 1200. The lowest BCUT2D eigenvalue weighted by atomic mass is 9.93. The summed E-state index contributed by atoms with van der Waals surface area (Å²) in [5.41, 5.74) is 0.304. The largest absolute Gasteiger partial charge is 0.395 e. The first kappa shape index (κ1) is 25.4. The summed E-state index contributed by atoms with van der Waals surface area (Å²) in [5.74, 6) is -0.610. The number of likely N-dealkylation sites (N-methyl/N-ethyl adjacent to an activating group) is 1. The number of H-pyrrole nitrogens is 1. The number of fused-ring (bicyclic) bond motifs is 1. The van der Waals surface area contributed by atoms with Crippen molar-refractivity contribution in [3.8, 4) is 0 Å². The zero-order chi connectivity index (χ0) is 25.4. The SMILES string of the molecule is Cc1ncc([C@H]2C[C@@]2(CCC(=O)NC[C@H](Cc2cc3cn[nH]c3cc2Cl)N(C)C)C(F)(F)F)cn1. The molecule has 1 aliphatic carbocycles. The molecule has 35 heavy (non-hydrogen) atoms. The lowest BCUT2D eigenvalue weighted by Gasteiger charge is -2.26. The summed E-state index contributed by atoms with van der Waals surface area (Å²) < 4.78 is 41.9. The van der Waals surface area contributed by atoms with Crippen LogP contribution in [-0.4, -0.2) is 63.8 Å². The molecule has 4 rings (SSSR count). The Balaban J connectivity index is 1.36. The van der Waals surface area contributed by atoms with Crippen LogP contribution in [0.1, 0.15) is 42.1 Å². The van der Waals surface area contributed by atoms with Crippen molar-refractivity contribution in [2.24, 2.45) is 5.41 Å². The van der Waals surface area contributed by atoms with Crippen LogP contribution in [0.3, 0.4) is 0 Å². The van der Waals surface area contributed by atoms with Gasteiger partial charge < -0.3 is 10.2 Å². The quantitative estimate of drug-likeness (QED) is 0.447. The van der Waals surface area contributed by atoms with Gasteiger partial charge in [-0.2, -0.15) is 18.3 Å². The van der Waals surface area contributed by atoms with Gasteiger partial charge in [0, 0.05) is 47.7 Å². The topological polar surface area (TPSA) is 86.8 Å². The predicted octanol–water partition coefficient (Wildman–Crippen LogP) is 4.42. The second-order valence-electron chi connectivity index (χ2n) is 9.50. The highest BCUT2D eigenvalue weighted by Gasteiger charge is 2.70. The number of nitrogens with one attached hydrogen (secondary N) is 2. The molecule has 188 valence electrons. The van der Waals surface area contributed by atoms with E-state index in [2.05, 4.69) is 25.5 Å². The lowest BCUT2D eigenvalue weighted by Crippen LogP contribution is -2.42. The first-order valence-corrected chi connectivity index (χ1v) is 11.8. The molecule has 1 aliphatic rings. The number of amides is 1. The first-order valence-electron chi connectivity index (χ1n) is 11.4. The van der Waals surface area contributed by atoms with Crippen LogP contribution in [0.15, 0.2) is 30.7 Å². The van der Waals surface area contributed by atoms with Crippen molar-refractivity contribution in [2.45, 2.75) is 50.7 Å². The van der Waals surface area contributed by atoms with Gasteiger partial charge in [-0.15, -0.1) is 0 Å². The molecule has 7 nitrogen and oxygen atoms in total. The molecule has 2 aromatic heterocycles. The average Bonchev–Trinajstić information content (AvgIpc) is 3.38. The van der Waals surface area contributed by atoms with Crippen LogP contribution in [0.25, 0.3) is 10.9 Å². The third kappa shape index (κ3) is 5.43. The fourth-order valence-electron chi connectivity index (χ4n) is 4.57. The van der Waals surface area contributed by atoms with Crippen molar-refractivity contribution in [1.29, 1.82) is 0 Å². The Hall–Kier alpha value is -2.72. The minimum atomic E-state index is -4.41. The Morgan fingerprint density at radius 1 is 1.29 bits per heavy atom. The molecule has 1 fully saturated rings. The molecule has 0 bridgehead atoms. The summed E-state index contributed by atoms with van der Waals surface area (Å²) in [5, 5.41) is 11.2. The second-order valence-corrected chi connectivity index (χ2v) is 9.91. The number of aromatic amines is 1. The lowest BCUT2D eigenvalue weighted by molar-refractivity contribution is -0.191. The molecular weight excluding hydrogens is 481 g/mol. The highest BCUT2D eigenvalue weighted by molar-refractivity contribution is 6.32. The van der Waals surface area contributed by atoms with Gasteiger partial charge in [0.05, 0.1) is 17.1 Å². The fourth-order valence-corrected chi connectivity index (χ4v) is 4.81. The van der Waals surface area contributed by atoms with Gasteiger partial charge in [0.1, 0.15) is 5.82 Å². The number of nitrogens with zero attached hydrogens (tertiary/aromatic N) is 4. The minimum absolute atomic E-state index is 0.0501. The number of benzene rings is 1. The van der Waals surface area contributed by atoms with Gasteiger partial charge in [-0.25, -0.2) is 9.97 Å². The van der Waals surface area contributed by atoms with E-state index in [0.717, 1.165) is 16.5 Å². The molecule has 1 amide bonds. The maximum Gasteiger partial charge on any atom is 0.395 e. The molecule has 0 saturated heterocycles. The van der Waals surface area contributed by atoms with Gasteiger partial charge in [-0.05, 0) is 63.5 Å². The molecular formula is C24H28ClF3N6O. The third-order valence-electron chi connectivity index (χ3n) is 6.97. The number of alkyl halides is 3. The number of halogens is 4. The van der Waals surface area contributed by atoms with Crippen LogP contribution in [0, 0.1) is 12.3 Å². The molecule has 1 aromatic carbocycles. The van der Waals surface area contributed by atoms with Crippen LogP contribution in [0.5, 0.6) is 0 Å².